The molecular weight excluding hydrogens is 405 g/mol. The van der Waals surface area contributed by atoms with Crippen LogP contribution in [0.1, 0.15) is 5.56 Å². The van der Waals surface area contributed by atoms with Gasteiger partial charge in [-0.2, -0.15) is 0 Å². The van der Waals surface area contributed by atoms with Crippen molar-refractivity contribution in [2.45, 2.75) is 6.42 Å². The van der Waals surface area contributed by atoms with Crippen LogP contribution in [-0.2, 0) is 11.2 Å². The zero-order valence-corrected chi connectivity index (χ0v) is 17.2. The molecule has 1 saturated heterocycles. The van der Waals surface area contributed by atoms with E-state index in [1.807, 2.05) is 42.5 Å². The number of rotatable bonds is 6. The van der Waals surface area contributed by atoms with E-state index in [9.17, 15) is 4.79 Å². The molecular formula is C20H22Cl3N3O. The number of carbonyl (C=O) groups is 1. The number of piperazine rings is 1. The fraction of sp³-hybridized carbons (Fsp3) is 0.350. The molecule has 1 heterocycles. The predicted octanol–water partition coefficient (Wildman–Crippen LogP) is 4.13. The minimum atomic E-state index is 0.0620. The van der Waals surface area contributed by atoms with E-state index < -0.39 is 0 Å². The molecule has 1 amide bonds. The maximum Gasteiger partial charge on any atom is 0.234 e. The summed E-state index contributed by atoms with van der Waals surface area (Å²) in [6.45, 7) is 4.45. The van der Waals surface area contributed by atoms with Gasteiger partial charge in [0.15, 0.2) is 0 Å². The van der Waals surface area contributed by atoms with Crippen molar-refractivity contribution in [1.29, 1.82) is 0 Å². The normalized spacial score (nSPS) is 15.0. The van der Waals surface area contributed by atoms with Crippen LogP contribution in [0.25, 0.3) is 0 Å². The summed E-state index contributed by atoms with van der Waals surface area (Å²) in [5, 5.41) is 4.85. The Kier molecular flexibility index (Phi) is 7.25. The van der Waals surface area contributed by atoms with Gasteiger partial charge in [0.2, 0.25) is 5.91 Å². The number of hydrogen-bond acceptors (Lipinski definition) is 3. The van der Waals surface area contributed by atoms with E-state index in [-0.39, 0.29) is 5.91 Å². The highest BCUT2D eigenvalue weighted by Gasteiger charge is 2.19. The summed E-state index contributed by atoms with van der Waals surface area (Å²) in [5.74, 6) is 0.0620. The van der Waals surface area contributed by atoms with E-state index in [2.05, 4.69) is 15.1 Å². The van der Waals surface area contributed by atoms with Crippen molar-refractivity contribution in [3.05, 3.63) is 63.1 Å². The van der Waals surface area contributed by atoms with Crippen LogP contribution in [0.3, 0.4) is 0 Å². The Labute approximate surface area is 175 Å². The molecule has 1 aliphatic heterocycles. The van der Waals surface area contributed by atoms with Crippen LogP contribution in [0, 0.1) is 0 Å². The molecule has 0 bridgehead atoms. The third kappa shape index (κ3) is 6.01. The Hall–Kier alpha value is -1.46. The van der Waals surface area contributed by atoms with Gasteiger partial charge in [0, 0.05) is 43.4 Å². The molecule has 1 fully saturated rings. The van der Waals surface area contributed by atoms with Crippen LogP contribution in [0.4, 0.5) is 5.69 Å². The molecule has 0 unspecified atom stereocenters. The molecule has 4 nitrogen and oxygen atoms in total. The SMILES string of the molecule is O=C(CN1CCN(c2ccc(Cl)c(Cl)c2)CC1)NCCc1ccc(Cl)cc1. The Morgan fingerprint density at radius 3 is 2.30 bits per heavy atom. The van der Waals surface area contributed by atoms with Crippen LogP contribution in [-0.4, -0.2) is 50.1 Å². The first-order chi connectivity index (χ1) is 13.0. The fourth-order valence-corrected chi connectivity index (χ4v) is 3.52. The summed E-state index contributed by atoms with van der Waals surface area (Å²) in [4.78, 5) is 16.6. The molecule has 144 valence electrons. The quantitative estimate of drug-likeness (QED) is 0.754. The molecule has 1 aliphatic rings. The van der Waals surface area contributed by atoms with E-state index in [0.29, 0.717) is 23.1 Å². The molecule has 27 heavy (non-hydrogen) atoms. The topological polar surface area (TPSA) is 35.6 Å². The molecule has 0 aromatic heterocycles. The molecule has 0 radical (unpaired) electrons. The second kappa shape index (κ2) is 9.65. The molecule has 0 saturated carbocycles. The average Bonchev–Trinajstić information content (AvgIpc) is 2.66. The van der Waals surface area contributed by atoms with Crippen molar-refractivity contribution >= 4 is 46.4 Å². The smallest absolute Gasteiger partial charge is 0.234 e. The second-order valence-corrected chi connectivity index (χ2v) is 7.84. The van der Waals surface area contributed by atoms with E-state index in [1.54, 1.807) is 0 Å². The number of halogens is 3. The van der Waals surface area contributed by atoms with Gasteiger partial charge in [0.05, 0.1) is 16.6 Å². The number of amides is 1. The zero-order valence-electron chi connectivity index (χ0n) is 14.9. The number of anilines is 1. The van der Waals surface area contributed by atoms with Gasteiger partial charge in [0.1, 0.15) is 0 Å². The van der Waals surface area contributed by atoms with Gasteiger partial charge in [-0.05, 0) is 42.3 Å². The van der Waals surface area contributed by atoms with Gasteiger partial charge in [-0.25, -0.2) is 0 Å². The first-order valence-electron chi connectivity index (χ1n) is 8.95. The number of carbonyl (C=O) groups excluding carboxylic acids is 1. The number of hydrogen-bond donors (Lipinski definition) is 1. The lowest BCUT2D eigenvalue weighted by atomic mass is 10.1. The third-order valence-corrected chi connectivity index (χ3v) is 5.65. The van der Waals surface area contributed by atoms with Crippen LogP contribution in [0.5, 0.6) is 0 Å². The molecule has 2 aromatic carbocycles. The highest BCUT2D eigenvalue weighted by atomic mass is 35.5. The van der Waals surface area contributed by atoms with E-state index in [0.717, 1.165) is 48.9 Å². The molecule has 7 heteroatoms. The van der Waals surface area contributed by atoms with Gasteiger partial charge < -0.3 is 10.2 Å². The van der Waals surface area contributed by atoms with E-state index >= 15 is 0 Å². The summed E-state index contributed by atoms with van der Waals surface area (Å²) < 4.78 is 0. The Morgan fingerprint density at radius 1 is 0.926 bits per heavy atom. The van der Waals surface area contributed by atoms with Crippen molar-refractivity contribution < 1.29 is 4.79 Å². The van der Waals surface area contributed by atoms with Crippen molar-refractivity contribution in [3.63, 3.8) is 0 Å². The Bertz CT molecular complexity index is 775. The zero-order chi connectivity index (χ0) is 19.2. The number of benzene rings is 2. The second-order valence-electron chi connectivity index (χ2n) is 6.59. The molecule has 1 N–H and O–H groups in total. The first-order valence-corrected chi connectivity index (χ1v) is 10.1. The van der Waals surface area contributed by atoms with Gasteiger partial charge in [-0.15, -0.1) is 0 Å². The van der Waals surface area contributed by atoms with Crippen LogP contribution >= 0.6 is 34.8 Å². The minimum absolute atomic E-state index is 0.0620. The standard InChI is InChI=1S/C20H22Cl3N3O/c21-16-3-1-15(2-4-16)7-8-24-20(27)14-25-9-11-26(12-10-25)17-5-6-18(22)19(23)13-17/h1-6,13H,7-12,14H2,(H,24,27). The molecule has 3 rings (SSSR count). The summed E-state index contributed by atoms with van der Waals surface area (Å²) >= 11 is 18.0. The van der Waals surface area contributed by atoms with Crippen molar-refractivity contribution in [3.8, 4) is 0 Å². The van der Waals surface area contributed by atoms with Crippen LogP contribution in [0.15, 0.2) is 42.5 Å². The Morgan fingerprint density at radius 2 is 1.63 bits per heavy atom. The molecule has 0 aliphatic carbocycles. The largest absolute Gasteiger partial charge is 0.369 e. The highest BCUT2D eigenvalue weighted by Crippen LogP contribution is 2.27. The van der Waals surface area contributed by atoms with Crippen molar-refractivity contribution in [2.75, 3.05) is 44.2 Å². The van der Waals surface area contributed by atoms with Gasteiger partial charge in [-0.1, -0.05) is 46.9 Å². The summed E-state index contributed by atoms with van der Waals surface area (Å²) in [7, 11) is 0. The van der Waals surface area contributed by atoms with Crippen LogP contribution in [0.2, 0.25) is 15.1 Å². The maximum absolute atomic E-state index is 12.2. The Balaban J connectivity index is 1.38. The van der Waals surface area contributed by atoms with Gasteiger partial charge in [-0.3, -0.25) is 9.69 Å². The van der Waals surface area contributed by atoms with Gasteiger partial charge >= 0.3 is 0 Å². The lowest BCUT2D eigenvalue weighted by molar-refractivity contribution is -0.122. The summed E-state index contributed by atoms with van der Waals surface area (Å²) in [5.41, 5.74) is 2.23. The molecule has 2 aromatic rings. The monoisotopic (exact) mass is 425 g/mol. The third-order valence-electron chi connectivity index (χ3n) is 4.66. The van der Waals surface area contributed by atoms with E-state index in [4.69, 9.17) is 34.8 Å². The minimum Gasteiger partial charge on any atom is -0.369 e. The maximum atomic E-state index is 12.2. The lowest BCUT2D eigenvalue weighted by Crippen LogP contribution is -2.49. The average molecular weight is 427 g/mol. The number of nitrogens with zero attached hydrogens (tertiary/aromatic N) is 2. The van der Waals surface area contributed by atoms with Gasteiger partial charge in [0.25, 0.3) is 0 Å². The molecule has 0 spiro atoms. The first kappa shape index (κ1) is 20.3. The highest BCUT2D eigenvalue weighted by molar-refractivity contribution is 6.42. The van der Waals surface area contributed by atoms with Crippen LogP contribution < -0.4 is 10.2 Å². The predicted molar refractivity (Wildman–Crippen MR) is 113 cm³/mol. The lowest BCUT2D eigenvalue weighted by Gasteiger charge is -2.35. The summed E-state index contributed by atoms with van der Waals surface area (Å²) in [6, 6.07) is 13.4. The molecule has 0 atom stereocenters. The van der Waals surface area contributed by atoms with E-state index in [1.165, 1.54) is 0 Å². The van der Waals surface area contributed by atoms with Crippen molar-refractivity contribution in [2.24, 2.45) is 0 Å². The van der Waals surface area contributed by atoms with Crippen molar-refractivity contribution in [1.82, 2.24) is 10.2 Å². The summed E-state index contributed by atoms with van der Waals surface area (Å²) in [6.07, 6.45) is 0.800. The number of nitrogens with one attached hydrogen (secondary N) is 1. The fourth-order valence-electron chi connectivity index (χ4n) is 3.10.